The molecule has 0 saturated carbocycles. The third kappa shape index (κ3) is 5.24. The summed E-state index contributed by atoms with van der Waals surface area (Å²) < 4.78 is 6.61. The summed E-state index contributed by atoms with van der Waals surface area (Å²) in [6.07, 6.45) is 0. The Kier molecular flexibility index (Phi) is 7.25. The summed E-state index contributed by atoms with van der Waals surface area (Å²) in [5, 5.41) is 9.71. The first kappa shape index (κ1) is 31.3. The third-order valence-corrected chi connectivity index (χ3v) is 11.2. The number of para-hydroxylation sites is 2. The van der Waals surface area contributed by atoms with Crippen LogP contribution in [-0.4, -0.2) is 0 Å². The van der Waals surface area contributed by atoms with Gasteiger partial charge >= 0.3 is 0 Å². The van der Waals surface area contributed by atoms with Crippen LogP contribution in [0.4, 0.5) is 0 Å². The Hall–Kier alpha value is -7.22. The Labute approximate surface area is 319 Å². The monoisotopic (exact) mass is 698 g/mol. The molecule has 1 heteroatoms. The maximum Gasteiger partial charge on any atom is 0.143 e. The Morgan fingerprint density at radius 1 is 0.255 bits per heavy atom. The van der Waals surface area contributed by atoms with E-state index in [0.717, 1.165) is 38.6 Å². The molecule has 0 amide bonds. The first-order chi connectivity index (χ1) is 27.3. The maximum absolute atomic E-state index is 6.61. The summed E-state index contributed by atoms with van der Waals surface area (Å²) >= 11 is 0. The summed E-state index contributed by atoms with van der Waals surface area (Å²) in [5.41, 5.74) is 13.6. The molecule has 1 aromatic heterocycles. The highest BCUT2D eigenvalue weighted by atomic mass is 16.3. The van der Waals surface area contributed by atoms with Gasteiger partial charge in [-0.25, -0.2) is 0 Å². The average Bonchev–Trinajstić information content (AvgIpc) is 3.64. The second-order valence-corrected chi connectivity index (χ2v) is 14.4. The van der Waals surface area contributed by atoms with Crippen LogP contribution in [0.2, 0.25) is 0 Å². The highest BCUT2D eigenvalue weighted by Gasteiger charge is 2.19. The molecule has 1 nitrogen and oxygen atoms in total. The van der Waals surface area contributed by atoms with Crippen molar-refractivity contribution in [1.29, 1.82) is 0 Å². The molecule has 0 unspecified atom stereocenters. The van der Waals surface area contributed by atoms with Gasteiger partial charge in [-0.15, -0.1) is 0 Å². The molecule has 256 valence electrons. The molecular formula is C54H34O. The van der Waals surface area contributed by atoms with Gasteiger partial charge < -0.3 is 4.42 Å². The van der Waals surface area contributed by atoms with Gasteiger partial charge in [0.05, 0.1) is 0 Å². The Morgan fingerprint density at radius 3 is 1.51 bits per heavy atom. The molecule has 0 N–H and O–H groups in total. The van der Waals surface area contributed by atoms with Crippen LogP contribution in [0.15, 0.2) is 211 Å². The Balaban J connectivity index is 1.20. The Bertz CT molecular complexity index is 3240. The number of fused-ring (bicyclic) bond motifs is 6. The van der Waals surface area contributed by atoms with Crippen molar-refractivity contribution in [2.75, 3.05) is 0 Å². The van der Waals surface area contributed by atoms with E-state index in [2.05, 4.69) is 200 Å². The van der Waals surface area contributed by atoms with Crippen LogP contribution in [0.3, 0.4) is 0 Å². The molecule has 11 rings (SSSR count). The van der Waals surface area contributed by atoms with E-state index in [-0.39, 0.29) is 0 Å². The van der Waals surface area contributed by atoms with Crippen LogP contribution in [0.1, 0.15) is 0 Å². The fourth-order valence-electron chi connectivity index (χ4n) is 8.65. The molecule has 0 radical (unpaired) electrons. The van der Waals surface area contributed by atoms with Crippen LogP contribution < -0.4 is 0 Å². The summed E-state index contributed by atoms with van der Waals surface area (Å²) in [5.74, 6) is 0. The van der Waals surface area contributed by atoms with Crippen LogP contribution in [0, 0.1) is 0 Å². The second kappa shape index (κ2) is 12.7. The molecule has 1 heterocycles. The summed E-state index contributed by atoms with van der Waals surface area (Å²) in [6, 6.07) is 74.9. The van der Waals surface area contributed by atoms with Crippen LogP contribution >= 0.6 is 0 Å². The highest BCUT2D eigenvalue weighted by molar-refractivity contribution is 6.22. The second-order valence-electron chi connectivity index (χ2n) is 14.4. The van der Waals surface area contributed by atoms with Crippen molar-refractivity contribution >= 4 is 54.3 Å². The lowest BCUT2D eigenvalue weighted by Crippen LogP contribution is -1.92. The number of hydrogen-bond donors (Lipinski definition) is 0. The molecule has 0 fully saturated rings. The molecule has 0 bridgehead atoms. The van der Waals surface area contributed by atoms with E-state index in [4.69, 9.17) is 4.42 Å². The standard InChI is InChI=1S/C54H34O/c1-3-15-36(16-4-1)52-46-21-9-10-22-47(46)53(37-17-5-2-6-18-37)50-34-40(28-29-48(50)52)42-31-41(39-27-26-35-14-7-8-19-38(35)30-39)32-43(33-42)44-23-13-24-49-45-20-11-12-25-51(45)55-54(44)49/h1-34H. The Morgan fingerprint density at radius 2 is 0.782 bits per heavy atom. The average molecular weight is 699 g/mol. The predicted molar refractivity (Wildman–Crippen MR) is 233 cm³/mol. The largest absolute Gasteiger partial charge is 0.455 e. The van der Waals surface area contributed by atoms with Crippen molar-refractivity contribution in [3.8, 4) is 55.6 Å². The fraction of sp³-hybridized carbons (Fsp3) is 0. The molecule has 0 aliphatic rings. The zero-order chi connectivity index (χ0) is 36.3. The van der Waals surface area contributed by atoms with Crippen LogP contribution in [-0.2, 0) is 0 Å². The lowest BCUT2D eigenvalue weighted by Gasteiger charge is -2.19. The minimum Gasteiger partial charge on any atom is -0.455 e. The van der Waals surface area contributed by atoms with E-state index < -0.39 is 0 Å². The summed E-state index contributed by atoms with van der Waals surface area (Å²) in [4.78, 5) is 0. The topological polar surface area (TPSA) is 13.1 Å². The van der Waals surface area contributed by atoms with E-state index >= 15 is 0 Å². The van der Waals surface area contributed by atoms with Gasteiger partial charge in [0.25, 0.3) is 0 Å². The molecular weight excluding hydrogens is 665 g/mol. The maximum atomic E-state index is 6.61. The van der Waals surface area contributed by atoms with E-state index in [1.807, 2.05) is 6.07 Å². The van der Waals surface area contributed by atoms with Crippen LogP contribution in [0.5, 0.6) is 0 Å². The van der Waals surface area contributed by atoms with E-state index in [1.54, 1.807) is 0 Å². The van der Waals surface area contributed by atoms with Gasteiger partial charge in [0.2, 0.25) is 0 Å². The molecule has 0 aliphatic heterocycles. The van der Waals surface area contributed by atoms with Crippen molar-refractivity contribution in [3.05, 3.63) is 206 Å². The number of furan rings is 1. The number of benzene rings is 10. The van der Waals surface area contributed by atoms with Gasteiger partial charge in [0, 0.05) is 16.3 Å². The van der Waals surface area contributed by atoms with Gasteiger partial charge in [0.1, 0.15) is 11.2 Å². The fourth-order valence-corrected chi connectivity index (χ4v) is 8.65. The molecule has 0 spiro atoms. The smallest absolute Gasteiger partial charge is 0.143 e. The van der Waals surface area contributed by atoms with Crippen molar-refractivity contribution in [1.82, 2.24) is 0 Å². The molecule has 11 aromatic rings. The van der Waals surface area contributed by atoms with Crippen molar-refractivity contribution in [3.63, 3.8) is 0 Å². The van der Waals surface area contributed by atoms with Crippen molar-refractivity contribution < 1.29 is 4.42 Å². The van der Waals surface area contributed by atoms with Gasteiger partial charge in [-0.2, -0.15) is 0 Å². The SMILES string of the molecule is c1ccc(-c2c3ccccc3c(-c3ccccc3)c3cc(-c4cc(-c5ccc6ccccc6c5)cc(-c5cccc6c5oc5ccccc56)c4)ccc23)cc1. The minimum absolute atomic E-state index is 0.903. The lowest BCUT2D eigenvalue weighted by molar-refractivity contribution is 0.670. The molecule has 55 heavy (non-hydrogen) atoms. The lowest BCUT2D eigenvalue weighted by atomic mass is 9.84. The normalized spacial score (nSPS) is 11.6. The van der Waals surface area contributed by atoms with Crippen molar-refractivity contribution in [2.24, 2.45) is 0 Å². The first-order valence-electron chi connectivity index (χ1n) is 18.9. The summed E-state index contributed by atoms with van der Waals surface area (Å²) in [7, 11) is 0. The summed E-state index contributed by atoms with van der Waals surface area (Å²) in [6.45, 7) is 0. The van der Waals surface area contributed by atoms with Gasteiger partial charge in [-0.1, -0.05) is 170 Å². The minimum atomic E-state index is 0.903. The molecule has 10 aromatic carbocycles. The zero-order valence-corrected chi connectivity index (χ0v) is 30.0. The van der Waals surface area contributed by atoms with Crippen molar-refractivity contribution in [2.45, 2.75) is 0 Å². The molecule has 0 atom stereocenters. The zero-order valence-electron chi connectivity index (χ0n) is 30.0. The van der Waals surface area contributed by atoms with E-state index in [0.29, 0.717) is 0 Å². The number of hydrogen-bond acceptors (Lipinski definition) is 1. The quantitative estimate of drug-likeness (QED) is 0.163. The molecule has 0 aliphatic carbocycles. The van der Waals surface area contributed by atoms with Gasteiger partial charge in [-0.05, 0) is 119 Å². The van der Waals surface area contributed by atoms with Gasteiger partial charge in [0.15, 0.2) is 0 Å². The predicted octanol–water partition coefficient (Wildman–Crippen LogP) is 15.4. The number of rotatable bonds is 5. The highest BCUT2D eigenvalue weighted by Crippen LogP contribution is 2.46. The molecule has 0 saturated heterocycles. The van der Waals surface area contributed by atoms with E-state index in [9.17, 15) is 0 Å². The van der Waals surface area contributed by atoms with E-state index in [1.165, 1.54) is 71.3 Å². The van der Waals surface area contributed by atoms with Gasteiger partial charge in [-0.3, -0.25) is 0 Å². The van der Waals surface area contributed by atoms with Crippen LogP contribution in [0.25, 0.3) is 110 Å². The first-order valence-corrected chi connectivity index (χ1v) is 18.9. The third-order valence-electron chi connectivity index (χ3n) is 11.2.